The molecule has 0 saturated heterocycles. The van der Waals surface area contributed by atoms with Gasteiger partial charge < -0.3 is 14.8 Å². The molecule has 0 aliphatic carbocycles. The number of halogens is 2. The van der Waals surface area contributed by atoms with Crippen LogP contribution in [0.2, 0.25) is 10.0 Å². The first kappa shape index (κ1) is 17.1. The highest BCUT2D eigenvalue weighted by Gasteiger charge is 2.10. The van der Waals surface area contributed by atoms with Gasteiger partial charge in [0.15, 0.2) is 13.2 Å². The molecule has 2 aromatic rings. The van der Waals surface area contributed by atoms with Gasteiger partial charge in [0.05, 0.1) is 10.0 Å². The van der Waals surface area contributed by atoms with Crippen molar-refractivity contribution >= 4 is 40.9 Å². The summed E-state index contributed by atoms with van der Waals surface area (Å²) in [4.78, 5) is 27.0. The van der Waals surface area contributed by atoms with Crippen molar-refractivity contribution in [3.63, 3.8) is 0 Å². The number of hydrogen-bond acceptors (Lipinski definition) is 5. The zero-order chi connectivity index (χ0) is 16.7. The van der Waals surface area contributed by atoms with Gasteiger partial charge in [-0.2, -0.15) is 0 Å². The normalized spacial score (nSPS) is 10.0. The van der Waals surface area contributed by atoms with Crippen molar-refractivity contribution in [1.29, 1.82) is 0 Å². The number of benzene rings is 1. The third-order valence-corrected chi connectivity index (χ3v) is 3.08. The number of nitrogens with one attached hydrogen (secondary N) is 1. The molecule has 8 heteroatoms. The average Bonchev–Trinajstić information content (AvgIpc) is 2.54. The SMILES string of the molecule is O=C(COC(=O)COc1ccccc1Cl)Nc1ccc(Cl)cn1. The molecule has 0 radical (unpaired) electrons. The van der Waals surface area contributed by atoms with E-state index in [4.69, 9.17) is 32.7 Å². The Bertz CT molecular complexity index is 692. The lowest BCUT2D eigenvalue weighted by molar-refractivity contribution is -0.149. The first-order chi connectivity index (χ1) is 11.0. The van der Waals surface area contributed by atoms with Gasteiger partial charge in [-0.05, 0) is 24.3 Å². The standard InChI is InChI=1S/C15H12Cl2N2O4/c16-10-5-6-13(18-7-10)19-14(20)8-23-15(21)9-22-12-4-2-1-3-11(12)17/h1-7H,8-9H2,(H,18,19,20). The highest BCUT2D eigenvalue weighted by Crippen LogP contribution is 2.22. The summed E-state index contributed by atoms with van der Waals surface area (Å²) in [6.45, 7) is -0.800. The molecule has 0 unspecified atom stereocenters. The molecule has 1 heterocycles. The molecule has 0 fully saturated rings. The molecule has 1 N–H and O–H groups in total. The highest BCUT2D eigenvalue weighted by molar-refractivity contribution is 6.32. The summed E-state index contributed by atoms with van der Waals surface area (Å²) < 4.78 is 9.99. The molecule has 2 rings (SSSR count). The van der Waals surface area contributed by atoms with E-state index < -0.39 is 18.5 Å². The molecule has 0 bridgehead atoms. The minimum atomic E-state index is -0.691. The van der Waals surface area contributed by atoms with Crippen LogP contribution < -0.4 is 10.1 Å². The van der Waals surface area contributed by atoms with Gasteiger partial charge in [-0.1, -0.05) is 35.3 Å². The number of aromatic nitrogens is 1. The average molecular weight is 355 g/mol. The number of para-hydroxylation sites is 1. The lowest BCUT2D eigenvalue weighted by Crippen LogP contribution is -2.24. The number of nitrogens with zero attached hydrogens (tertiary/aromatic N) is 1. The van der Waals surface area contributed by atoms with Crippen molar-refractivity contribution in [2.24, 2.45) is 0 Å². The third kappa shape index (κ3) is 5.77. The van der Waals surface area contributed by atoms with Crippen molar-refractivity contribution in [2.45, 2.75) is 0 Å². The predicted molar refractivity (Wildman–Crippen MR) is 85.8 cm³/mol. The first-order valence-electron chi connectivity index (χ1n) is 6.49. The molecule has 1 aromatic carbocycles. The maximum absolute atomic E-state index is 11.6. The molecule has 23 heavy (non-hydrogen) atoms. The number of hydrogen-bond donors (Lipinski definition) is 1. The Balaban J connectivity index is 1.72. The van der Waals surface area contributed by atoms with E-state index in [-0.39, 0.29) is 6.61 Å². The Morgan fingerprint density at radius 1 is 1.09 bits per heavy atom. The van der Waals surface area contributed by atoms with E-state index in [1.165, 1.54) is 12.3 Å². The van der Waals surface area contributed by atoms with Crippen molar-refractivity contribution < 1.29 is 19.1 Å². The van der Waals surface area contributed by atoms with Gasteiger partial charge in [-0.15, -0.1) is 0 Å². The molecule has 0 aliphatic rings. The van der Waals surface area contributed by atoms with Gasteiger partial charge >= 0.3 is 5.97 Å². The van der Waals surface area contributed by atoms with Gasteiger partial charge in [0, 0.05) is 6.20 Å². The summed E-state index contributed by atoms with van der Waals surface area (Å²) >= 11 is 11.6. The second-order valence-corrected chi connectivity index (χ2v) is 5.13. The predicted octanol–water partition coefficient (Wildman–Crippen LogP) is 2.95. The Morgan fingerprint density at radius 2 is 1.87 bits per heavy atom. The number of carbonyl (C=O) groups is 2. The summed E-state index contributed by atoms with van der Waals surface area (Å²) in [6.07, 6.45) is 1.39. The van der Waals surface area contributed by atoms with Crippen LogP contribution in [0.25, 0.3) is 0 Å². The molecule has 0 aliphatic heterocycles. The third-order valence-electron chi connectivity index (χ3n) is 2.54. The van der Waals surface area contributed by atoms with E-state index in [1.54, 1.807) is 30.3 Å². The van der Waals surface area contributed by atoms with Gasteiger partial charge in [0.2, 0.25) is 0 Å². The van der Waals surface area contributed by atoms with Crippen LogP contribution in [0.4, 0.5) is 5.82 Å². The fourth-order valence-corrected chi connectivity index (χ4v) is 1.82. The molecule has 1 amide bonds. The second-order valence-electron chi connectivity index (χ2n) is 4.29. The Kier molecular flexibility index (Phi) is 6.19. The van der Waals surface area contributed by atoms with Crippen molar-refractivity contribution in [3.05, 3.63) is 52.6 Å². The van der Waals surface area contributed by atoms with Crippen LogP contribution >= 0.6 is 23.2 Å². The highest BCUT2D eigenvalue weighted by atomic mass is 35.5. The zero-order valence-electron chi connectivity index (χ0n) is 11.8. The Labute approximate surface area is 142 Å². The smallest absolute Gasteiger partial charge is 0.344 e. The summed E-state index contributed by atoms with van der Waals surface area (Å²) in [7, 11) is 0. The quantitative estimate of drug-likeness (QED) is 0.807. The molecule has 0 saturated carbocycles. The Hall–Kier alpha value is -2.31. The van der Waals surface area contributed by atoms with Crippen LogP contribution in [0.15, 0.2) is 42.6 Å². The molecule has 0 spiro atoms. The maximum atomic E-state index is 11.6. The van der Waals surface area contributed by atoms with Gasteiger partial charge in [-0.25, -0.2) is 9.78 Å². The molecule has 6 nitrogen and oxygen atoms in total. The maximum Gasteiger partial charge on any atom is 0.344 e. The summed E-state index contributed by atoms with van der Waals surface area (Å²) in [5.41, 5.74) is 0. The van der Waals surface area contributed by atoms with E-state index in [0.29, 0.717) is 21.6 Å². The fourth-order valence-electron chi connectivity index (χ4n) is 1.51. The fraction of sp³-hybridized carbons (Fsp3) is 0.133. The van der Waals surface area contributed by atoms with E-state index >= 15 is 0 Å². The number of rotatable bonds is 6. The number of carbonyl (C=O) groups excluding carboxylic acids is 2. The van der Waals surface area contributed by atoms with E-state index in [9.17, 15) is 9.59 Å². The molecular weight excluding hydrogens is 343 g/mol. The number of anilines is 1. The summed E-state index contributed by atoms with van der Waals surface area (Å²) in [5, 5.41) is 3.29. The topological polar surface area (TPSA) is 77.5 Å². The first-order valence-corrected chi connectivity index (χ1v) is 7.24. The van der Waals surface area contributed by atoms with Crippen LogP contribution in [0, 0.1) is 0 Å². The van der Waals surface area contributed by atoms with Crippen molar-refractivity contribution in [2.75, 3.05) is 18.5 Å². The minimum Gasteiger partial charge on any atom is -0.480 e. The Morgan fingerprint density at radius 3 is 2.57 bits per heavy atom. The molecule has 0 atom stereocenters. The van der Waals surface area contributed by atoms with E-state index in [1.807, 2.05) is 0 Å². The number of esters is 1. The largest absolute Gasteiger partial charge is 0.480 e. The second kappa shape index (κ2) is 8.36. The zero-order valence-corrected chi connectivity index (χ0v) is 13.3. The van der Waals surface area contributed by atoms with Gasteiger partial charge in [0.1, 0.15) is 11.6 Å². The number of ether oxygens (including phenoxy) is 2. The van der Waals surface area contributed by atoms with Crippen LogP contribution in [-0.2, 0) is 14.3 Å². The van der Waals surface area contributed by atoms with E-state index in [0.717, 1.165) is 0 Å². The van der Waals surface area contributed by atoms with Crippen LogP contribution in [0.3, 0.4) is 0 Å². The number of pyridine rings is 1. The lowest BCUT2D eigenvalue weighted by Gasteiger charge is -2.08. The van der Waals surface area contributed by atoms with Crippen LogP contribution in [-0.4, -0.2) is 30.1 Å². The minimum absolute atomic E-state index is 0.308. The number of amides is 1. The van der Waals surface area contributed by atoms with Gasteiger partial charge in [-0.3, -0.25) is 4.79 Å². The summed E-state index contributed by atoms with van der Waals surface area (Å²) in [5.74, 6) is -0.543. The molecule has 1 aromatic heterocycles. The summed E-state index contributed by atoms with van der Waals surface area (Å²) in [6, 6.07) is 9.82. The lowest BCUT2D eigenvalue weighted by atomic mass is 10.3. The van der Waals surface area contributed by atoms with Crippen LogP contribution in [0.5, 0.6) is 5.75 Å². The van der Waals surface area contributed by atoms with Crippen molar-refractivity contribution in [1.82, 2.24) is 4.98 Å². The van der Waals surface area contributed by atoms with Crippen LogP contribution in [0.1, 0.15) is 0 Å². The van der Waals surface area contributed by atoms with E-state index in [2.05, 4.69) is 10.3 Å². The molecule has 120 valence electrons. The monoisotopic (exact) mass is 354 g/mol. The molecular formula is C15H12Cl2N2O4. The van der Waals surface area contributed by atoms with Gasteiger partial charge in [0.25, 0.3) is 5.91 Å². The van der Waals surface area contributed by atoms with Crippen molar-refractivity contribution in [3.8, 4) is 5.75 Å².